The van der Waals surface area contributed by atoms with E-state index in [9.17, 15) is 4.79 Å². The van der Waals surface area contributed by atoms with Crippen LogP contribution >= 0.6 is 11.8 Å². The molecule has 0 saturated heterocycles. The van der Waals surface area contributed by atoms with Gasteiger partial charge < -0.3 is 10.7 Å². The maximum Gasteiger partial charge on any atom is 0.236 e. The molecule has 0 saturated carbocycles. The van der Waals surface area contributed by atoms with Crippen molar-refractivity contribution in [2.75, 3.05) is 5.84 Å². The number of rotatable bonds is 6. The van der Waals surface area contributed by atoms with Gasteiger partial charge in [-0.3, -0.25) is 4.79 Å². The Morgan fingerprint density at radius 1 is 1.10 bits per heavy atom. The van der Waals surface area contributed by atoms with Gasteiger partial charge in [-0.25, -0.2) is 4.68 Å². The van der Waals surface area contributed by atoms with E-state index < -0.39 is 0 Å². The predicted molar refractivity (Wildman–Crippen MR) is 122 cm³/mol. The number of aromatic nitrogens is 3. The molecule has 0 aliphatic rings. The van der Waals surface area contributed by atoms with Gasteiger partial charge in [0.25, 0.3) is 0 Å². The van der Waals surface area contributed by atoms with Crippen LogP contribution in [0.15, 0.2) is 59.8 Å². The van der Waals surface area contributed by atoms with Crippen LogP contribution in [-0.2, 0) is 11.3 Å². The van der Waals surface area contributed by atoms with Gasteiger partial charge in [0.15, 0.2) is 5.82 Å². The minimum absolute atomic E-state index is 0.0382. The molecule has 1 heterocycles. The van der Waals surface area contributed by atoms with E-state index in [0.29, 0.717) is 17.5 Å². The molecule has 1 aromatic heterocycles. The lowest BCUT2D eigenvalue weighted by molar-refractivity contribution is -0.135. The molecule has 1 atom stereocenters. The highest BCUT2D eigenvalue weighted by atomic mass is 32.2. The Morgan fingerprint density at radius 2 is 1.73 bits per heavy atom. The molecule has 3 rings (SSSR count). The second-order valence-corrected chi connectivity index (χ2v) is 9.69. The minimum atomic E-state index is -0.356. The molecule has 2 aromatic carbocycles. The summed E-state index contributed by atoms with van der Waals surface area (Å²) in [6.45, 7) is 10.6. The number of hydrogen-bond acceptors (Lipinski definition) is 5. The molecule has 0 spiro atoms. The van der Waals surface area contributed by atoms with Crippen LogP contribution in [0.1, 0.15) is 38.8 Å². The first kappa shape index (κ1) is 21.9. The number of hydrogen-bond donors (Lipinski definition) is 1. The lowest BCUT2D eigenvalue weighted by Gasteiger charge is -2.37. The van der Waals surface area contributed by atoms with Crippen molar-refractivity contribution >= 4 is 17.7 Å². The first-order valence-electron chi connectivity index (χ1n) is 9.96. The average Bonchev–Trinajstić information content (AvgIpc) is 3.06. The van der Waals surface area contributed by atoms with E-state index in [0.717, 1.165) is 16.7 Å². The van der Waals surface area contributed by atoms with Crippen molar-refractivity contribution in [3.8, 4) is 11.4 Å². The van der Waals surface area contributed by atoms with Crippen LogP contribution in [0.2, 0.25) is 0 Å². The van der Waals surface area contributed by atoms with Gasteiger partial charge in [0, 0.05) is 17.6 Å². The fourth-order valence-corrected chi connectivity index (χ4v) is 3.93. The molecule has 0 bridgehead atoms. The molecule has 0 fully saturated rings. The number of aryl methyl sites for hydroxylation is 1. The van der Waals surface area contributed by atoms with Crippen LogP contribution in [0, 0.1) is 6.92 Å². The largest absolute Gasteiger partial charge is 0.335 e. The third-order valence-corrected chi connectivity index (χ3v) is 5.91. The van der Waals surface area contributed by atoms with Crippen LogP contribution in [-0.4, -0.2) is 36.5 Å². The summed E-state index contributed by atoms with van der Waals surface area (Å²) in [6.07, 6.45) is 0. The highest BCUT2D eigenvalue weighted by molar-refractivity contribution is 8.00. The smallest absolute Gasteiger partial charge is 0.236 e. The molecule has 158 valence electrons. The van der Waals surface area contributed by atoms with Crippen molar-refractivity contribution in [3.05, 3.63) is 65.7 Å². The normalized spacial score (nSPS) is 12.6. The quantitative estimate of drug-likeness (QED) is 0.473. The highest BCUT2D eigenvalue weighted by Crippen LogP contribution is 2.28. The molecule has 0 aliphatic carbocycles. The number of nitrogens with zero attached hydrogens (tertiary/aromatic N) is 4. The van der Waals surface area contributed by atoms with Gasteiger partial charge in [-0.05, 0) is 40.2 Å². The van der Waals surface area contributed by atoms with Gasteiger partial charge >= 0.3 is 0 Å². The molecule has 0 radical (unpaired) electrons. The van der Waals surface area contributed by atoms with Gasteiger partial charge in [0.2, 0.25) is 11.1 Å². The molecule has 1 amide bonds. The molecule has 7 heteroatoms. The van der Waals surface area contributed by atoms with Crippen LogP contribution in [0.25, 0.3) is 11.4 Å². The van der Waals surface area contributed by atoms with E-state index >= 15 is 0 Å². The Morgan fingerprint density at radius 3 is 2.33 bits per heavy atom. The number of thioether (sulfide) groups is 1. The van der Waals surface area contributed by atoms with E-state index in [2.05, 4.69) is 10.2 Å². The number of carbonyl (C=O) groups is 1. The Balaban J connectivity index is 1.77. The van der Waals surface area contributed by atoms with Crippen molar-refractivity contribution in [2.45, 2.75) is 57.1 Å². The van der Waals surface area contributed by atoms with Crippen LogP contribution in [0.4, 0.5) is 0 Å². The van der Waals surface area contributed by atoms with E-state index in [4.69, 9.17) is 5.84 Å². The molecule has 0 unspecified atom stereocenters. The molecule has 30 heavy (non-hydrogen) atoms. The third kappa shape index (κ3) is 5.02. The van der Waals surface area contributed by atoms with Crippen molar-refractivity contribution in [2.24, 2.45) is 0 Å². The van der Waals surface area contributed by atoms with Gasteiger partial charge in [0.1, 0.15) is 0 Å². The summed E-state index contributed by atoms with van der Waals surface area (Å²) in [6, 6.07) is 18.0. The third-order valence-electron chi connectivity index (χ3n) is 4.86. The van der Waals surface area contributed by atoms with E-state index in [-0.39, 0.29) is 16.7 Å². The summed E-state index contributed by atoms with van der Waals surface area (Å²) in [5, 5.41) is 8.61. The van der Waals surface area contributed by atoms with Crippen molar-refractivity contribution < 1.29 is 4.79 Å². The zero-order valence-corrected chi connectivity index (χ0v) is 19.0. The van der Waals surface area contributed by atoms with E-state index in [1.807, 2.05) is 94.1 Å². The average molecular weight is 424 g/mol. The number of nitrogens with two attached hydrogens (primary N) is 1. The number of carbonyl (C=O) groups excluding carboxylic acids is 1. The van der Waals surface area contributed by atoms with Crippen molar-refractivity contribution in [1.82, 2.24) is 19.8 Å². The molecular weight excluding hydrogens is 394 g/mol. The van der Waals surface area contributed by atoms with Crippen LogP contribution in [0.3, 0.4) is 0 Å². The summed E-state index contributed by atoms with van der Waals surface area (Å²) >= 11 is 1.33. The Kier molecular flexibility index (Phi) is 6.51. The lowest BCUT2D eigenvalue weighted by atomic mass is 10.0. The molecule has 6 nitrogen and oxygen atoms in total. The van der Waals surface area contributed by atoms with Crippen LogP contribution in [0.5, 0.6) is 0 Å². The van der Waals surface area contributed by atoms with Crippen molar-refractivity contribution in [3.63, 3.8) is 0 Å². The maximum absolute atomic E-state index is 13.3. The number of benzene rings is 2. The molecular formula is C23H29N5OS. The van der Waals surface area contributed by atoms with Gasteiger partial charge in [-0.15, -0.1) is 10.2 Å². The second-order valence-electron chi connectivity index (χ2n) is 8.38. The molecule has 3 aromatic rings. The van der Waals surface area contributed by atoms with Gasteiger partial charge in [-0.2, -0.15) is 0 Å². The maximum atomic E-state index is 13.3. The van der Waals surface area contributed by atoms with E-state index in [1.165, 1.54) is 16.4 Å². The summed E-state index contributed by atoms with van der Waals surface area (Å²) in [5.41, 5.74) is 2.84. The zero-order valence-electron chi connectivity index (χ0n) is 18.2. The lowest BCUT2D eigenvalue weighted by Crippen LogP contribution is -2.48. The summed E-state index contributed by atoms with van der Waals surface area (Å²) in [4.78, 5) is 15.2. The molecule has 2 N–H and O–H groups in total. The highest BCUT2D eigenvalue weighted by Gasteiger charge is 2.31. The SMILES string of the molecule is Cc1ccc(-c2nnc(S[C@H](C)C(=O)N(Cc3ccccc3)C(C)(C)C)n2N)cc1. The fourth-order valence-electron chi connectivity index (χ4n) is 3.10. The first-order valence-corrected chi connectivity index (χ1v) is 10.8. The number of amides is 1. The predicted octanol–water partition coefficient (Wildman–Crippen LogP) is 4.28. The Bertz CT molecular complexity index is 993. The van der Waals surface area contributed by atoms with Crippen LogP contribution < -0.4 is 5.84 Å². The standard InChI is InChI=1S/C23H29N5OS/c1-16-11-13-19(14-12-16)20-25-26-22(28(20)24)30-17(2)21(29)27(23(3,4)5)15-18-9-7-6-8-10-18/h6-14,17H,15,24H2,1-5H3/t17-/m1/s1. The fraction of sp³-hybridized carbons (Fsp3) is 0.348. The Hall–Kier alpha value is -2.80. The van der Waals surface area contributed by atoms with Gasteiger partial charge in [-0.1, -0.05) is 71.9 Å². The van der Waals surface area contributed by atoms with Crippen molar-refractivity contribution in [1.29, 1.82) is 0 Å². The summed E-state index contributed by atoms with van der Waals surface area (Å²) < 4.78 is 1.46. The monoisotopic (exact) mass is 423 g/mol. The second kappa shape index (κ2) is 8.92. The first-order chi connectivity index (χ1) is 14.2. The Labute approximate surface area is 182 Å². The topological polar surface area (TPSA) is 77.0 Å². The van der Waals surface area contributed by atoms with Gasteiger partial charge in [0.05, 0.1) is 5.25 Å². The summed E-state index contributed by atoms with van der Waals surface area (Å²) in [5.74, 6) is 6.87. The zero-order chi connectivity index (χ0) is 21.9. The summed E-state index contributed by atoms with van der Waals surface area (Å²) in [7, 11) is 0. The minimum Gasteiger partial charge on any atom is -0.335 e. The molecule has 0 aliphatic heterocycles. The van der Waals surface area contributed by atoms with E-state index in [1.54, 1.807) is 0 Å². The number of nitrogen functional groups attached to an aromatic ring is 1.